The van der Waals surface area contributed by atoms with Gasteiger partial charge in [0.1, 0.15) is 12.1 Å². The lowest BCUT2D eigenvalue weighted by Gasteiger charge is -2.21. The van der Waals surface area contributed by atoms with Crippen molar-refractivity contribution in [2.75, 3.05) is 11.9 Å². The summed E-state index contributed by atoms with van der Waals surface area (Å²) in [6.45, 7) is 3.17. The molecule has 0 bridgehead atoms. The number of para-hydroxylation sites is 1. The Hall–Kier alpha value is -3.68. The molecule has 166 valence electrons. The maximum atomic E-state index is 12.9. The van der Waals surface area contributed by atoms with Crippen LogP contribution in [0.2, 0.25) is 0 Å². The molecule has 32 heavy (non-hydrogen) atoms. The number of carbonyl (C=O) groups excluding carboxylic acids is 4. The number of benzene rings is 2. The Kier molecular flexibility index (Phi) is 5.69. The topological polar surface area (TPSA) is 108 Å². The molecular formula is C24H26N4O4. The van der Waals surface area contributed by atoms with Gasteiger partial charge in [0.25, 0.3) is 11.8 Å². The SMILES string of the molecule is CC(NC(=O)c1ccccc1NC(=O)CN1C(=O)NC(C)(C2CC2)C1=O)c1ccccc1. The number of rotatable bonds is 7. The number of carbonyl (C=O) groups is 4. The summed E-state index contributed by atoms with van der Waals surface area (Å²) in [6, 6.07) is 15.4. The monoisotopic (exact) mass is 434 g/mol. The quantitative estimate of drug-likeness (QED) is 0.583. The number of anilines is 1. The van der Waals surface area contributed by atoms with Crippen LogP contribution < -0.4 is 16.0 Å². The lowest BCUT2D eigenvalue weighted by Crippen LogP contribution is -2.46. The second kappa shape index (κ2) is 8.45. The molecule has 1 saturated heterocycles. The van der Waals surface area contributed by atoms with Crippen molar-refractivity contribution in [2.45, 2.75) is 38.3 Å². The highest BCUT2D eigenvalue weighted by molar-refractivity contribution is 6.11. The average molecular weight is 434 g/mol. The van der Waals surface area contributed by atoms with Crippen LogP contribution in [0, 0.1) is 5.92 Å². The fourth-order valence-electron chi connectivity index (χ4n) is 4.02. The molecular weight excluding hydrogens is 408 g/mol. The number of amides is 5. The normalized spacial score (nSPS) is 21.1. The number of imide groups is 1. The van der Waals surface area contributed by atoms with Crippen LogP contribution in [0.15, 0.2) is 54.6 Å². The van der Waals surface area contributed by atoms with E-state index >= 15 is 0 Å². The van der Waals surface area contributed by atoms with Crippen molar-refractivity contribution in [3.8, 4) is 0 Å². The van der Waals surface area contributed by atoms with Crippen molar-refractivity contribution < 1.29 is 19.2 Å². The molecule has 2 atom stereocenters. The van der Waals surface area contributed by atoms with Crippen LogP contribution in [0.25, 0.3) is 0 Å². The summed E-state index contributed by atoms with van der Waals surface area (Å²) >= 11 is 0. The molecule has 4 rings (SSSR count). The van der Waals surface area contributed by atoms with Crippen LogP contribution in [-0.4, -0.2) is 40.7 Å². The minimum absolute atomic E-state index is 0.114. The van der Waals surface area contributed by atoms with E-state index in [0.717, 1.165) is 23.3 Å². The molecule has 2 aromatic rings. The van der Waals surface area contributed by atoms with Gasteiger partial charge in [-0.15, -0.1) is 0 Å². The molecule has 2 aliphatic rings. The maximum absolute atomic E-state index is 12.9. The van der Waals surface area contributed by atoms with Crippen molar-refractivity contribution in [1.29, 1.82) is 0 Å². The summed E-state index contributed by atoms with van der Waals surface area (Å²) in [5, 5.41) is 8.32. The molecule has 1 saturated carbocycles. The van der Waals surface area contributed by atoms with Gasteiger partial charge in [0, 0.05) is 0 Å². The lowest BCUT2D eigenvalue weighted by molar-refractivity contribution is -0.134. The van der Waals surface area contributed by atoms with Crippen LogP contribution in [-0.2, 0) is 9.59 Å². The molecule has 2 unspecified atom stereocenters. The summed E-state index contributed by atoms with van der Waals surface area (Å²) in [7, 11) is 0. The first-order chi connectivity index (χ1) is 15.3. The molecule has 2 aromatic carbocycles. The van der Waals surface area contributed by atoms with E-state index in [-0.39, 0.29) is 23.8 Å². The minimum Gasteiger partial charge on any atom is -0.345 e. The number of hydrogen-bond acceptors (Lipinski definition) is 4. The molecule has 8 nitrogen and oxygen atoms in total. The lowest BCUT2D eigenvalue weighted by atomic mass is 9.96. The van der Waals surface area contributed by atoms with E-state index in [1.54, 1.807) is 31.2 Å². The van der Waals surface area contributed by atoms with Crippen molar-refractivity contribution in [1.82, 2.24) is 15.5 Å². The standard InChI is InChI=1S/C24H26N4O4/c1-15(16-8-4-3-5-9-16)25-21(30)18-10-6-7-11-19(18)26-20(29)14-28-22(31)24(2,17-12-13-17)27-23(28)32/h3-11,15,17H,12-14H2,1-2H3,(H,25,30)(H,26,29)(H,27,32). The van der Waals surface area contributed by atoms with Crippen molar-refractivity contribution >= 4 is 29.4 Å². The summed E-state index contributed by atoms with van der Waals surface area (Å²) in [6.07, 6.45) is 1.76. The van der Waals surface area contributed by atoms with Gasteiger partial charge in [0.2, 0.25) is 5.91 Å². The molecule has 5 amide bonds. The second-order valence-corrected chi connectivity index (χ2v) is 8.50. The predicted molar refractivity (Wildman–Crippen MR) is 119 cm³/mol. The number of hydrogen-bond donors (Lipinski definition) is 3. The Labute approximate surface area is 186 Å². The molecule has 8 heteroatoms. The van der Waals surface area contributed by atoms with Crippen LogP contribution in [0.1, 0.15) is 48.7 Å². The summed E-state index contributed by atoms with van der Waals surface area (Å²) < 4.78 is 0. The molecule has 0 spiro atoms. The van der Waals surface area contributed by atoms with Gasteiger partial charge in [-0.05, 0) is 50.3 Å². The van der Waals surface area contributed by atoms with E-state index in [2.05, 4.69) is 16.0 Å². The number of nitrogens with one attached hydrogen (secondary N) is 3. The van der Waals surface area contributed by atoms with Crippen LogP contribution in [0.4, 0.5) is 10.5 Å². The number of nitrogens with zero attached hydrogens (tertiary/aromatic N) is 1. The Balaban J connectivity index is 1.43. The van der Waals surface area contributed by atoms with Crippen LogP contribution in [0.3, 0.4) is 0 Å². The fourth-order valence-corrected chi connectivity index (χ4v) is 4.02. The average Bonchev–Trinajstić information content (AvgIpc) is 3.61. The van der Waals surface area contributed by atoms with Gasteiger partial charge in [-0.2, -0.15) is 0 Å². The largest absolute Gasteiger partial charge is 0.345 e. The van der Waals surface area contributed by atoms with Crippen molar-refractivity contribution in [2.24, 2.45) is 5.92 Å². The van der Waals surface area contributed by atoms with E-state index < -0.39 is 24.0 Å². The van der Waals surface area contributed by atoms with Crippen molar-refractivity contribution in [3.05, 3.63) is 65.7 Å². The van der Waals surface area contributed by atoms with Gasteiger partial charge in [0.05, 0.1) is 17.3 Å². The van der Waals surface area contributed by atoms with Gasteiger partial charge in [-0.1, -0.05) is 42.5 Å². The van der Waals surface area contributed by atoms with Gasteiger partial charge in [0.15, 0.2) is 0 Å². The summed E-state index contributed by atoms with van der Waals surface area (Å²) in [5.41, 5.74) is 0.624. The Morgan fingerprint density at radius 1 is 1.09 bits per heavy atom. The van der Waals surface area contributed by atoms with Gasteiger partial charge in [-0.3, -0.25) is 19.3 Å². The smallest absolute Gasteiger partial charge is 0.325 e. The first kappa shape index (κ1) is 21.5. The Morgan fingerprint density at radius 2 is 1.75 bits per heavy atom. The molecule has 1 aliphatic carbocycles. The molecule has 2 fully saturated rings. The zero-order valence-corrected chi connectivity index (χ0v) is 18.1. The molecule has 0 aromatic heterocycles. The zero-order chi connectivity index (χ0) is 22.9. The van der Waals surface area contributed by atoms with Crippen LogP contribution in [0.5, 0.6) is 0 Å². The summed E-state index contributed by atoms with van der Waals surface area (Å²) in [5.74, 6) is -1.16. The second-order valence-electron chi connectivity index (χ2n) is 8.50. The number of urea groups is 1. The third-order valence-corrected chi connectivity index (χ3v) is 6.09. The Bertz CT molecular complexity index is 1070. The van der Waals surface area contributed by atoms with E-state index in [1.807, 2.05) is 37.3 Å². The van der Waals surface area contributed by atoms with Gasteiger partial charge in [-0.25, -0.2) is 4.79 Å². The predicted octanol–water partition coefficient (Wildman–Crippen LogP) is 2.84. The van der Waals surface area contributed by atoms with Gasteiger partial charge >= 0.3 is 6.03 Å². The third-order valence-electron chi connectivity index (χ3n) is 6.09. The molecule has 1 aliphatic heterocycles. The third kappa shape index (κ3) is 4.21. The molecule has 1 heterocycles. The van der Waals surface area contributed by atoms with Crippen molar-refractivity contribution in [3.63, 3.8) is 0 Å². The maximum Gasteiger partial charge on any atom is 0.325 e. The van der Waals surface area contributed by atoms with Gasteiger partial charge < -0.3 is 16.0 Å². The van der Waals surface area contributed by atoms with E-state index in [4.69, 9.17) is 0 Å². The molecule has 0 radical (unpaired) electrons. The summed E-state index contributed by atoms with van der Waals surface area (Å²) in [4.78, 5) is 51.5. The molecule has 3 N–H and O–H groups in total. The highest BCUT2D eigenvalue weighted by Crippen LogP contribution is 2.42. The highest BCUT2D eigenvalue weighted by atomic mass is 16.2. The Morgan fingerprint density at radius 3 is 2.44 bits per heavy atom. The van der Waals surface area contributed by atoms with Crippen LogP contribution >= 0.6 is 0 Å². The fraction of sp³-hybridized carbons (Fsp3) is 0.333. The van der Waals surface area contributed by atoms with E-state index in [0.29, 0.717) is 11.3 Å². The van der Waals surface area contributed by atoms with E-state index in [1.165, 1.54) is 0 Å². The first-order valence-electron chi connectivity index (χ1n) is 10.7. The van der Waals surface area contributed by atoms with E-state index in [9.17, 15) is 19.2 Å². The first-order valence-corrected chi connectivity index (χ1v) is 10.7. The minimum atomic E-state index is -0.942. The highest BCUT2D eigenvalue weighted by Gasteiger charge is 2.56. The zero-order valence-electron chi connectivity index (χ0n) is 18.1.